The molecule has 0 saturated carbocycles. The van der Waals surface area contributed by atoms with Crippen LogP contribution in [0.3, 0.4) is 0 Å². The Morgan fingerprint density at radius 3 is 2.76 bits per heavy atom. The second-order valence-corrected chi connectivity index (χ2v) is 6.55. The maximum atomic E-state index is 12.5. The SMILES string of the molecule is O=C(Cc1cccc2ccccc12)N1CC(Oc2ncccc2Cl)C1. The summed E-state index contributed by atoms with van der Waals surface area (Å²) >= 11 is 6.04. The van der Waals surface area contributed by atoms with Crippen LogP contribution in [0.1, 0.15) is 5.56 Å². The second kappa shape index (κ2) is 6.73. The summed E-state index contributed by atoms with van der Waals surface area (Å²) in [6, 6.07) is 17.7. The lowest BCUT2D eigenvalue weighted by Gasteiger charge is -2.38. The highest BCUT2D eigenvalue weighted by atomic mass is 35.5. The van der Waals surface area contributed by atoms with Crippen LogP contribution in [0.15, 0.2) is 60.8 Å². The van der Waals surface area contributed by atoms with Crippen molar-refractivity contribution in [3.63, 3.8) is 0 Å². The molecule has 0 spiro atoms. The number of carbonyl (C=O) groups is 1. The van der Waals surface area contributed by atoms with Crippen LogP contribution in [0.5, 0.6) is 5.88 Å². The Morgan fingerprint density at radius 1 is 1.12 bits per heavy atom. The van der Waals surface area contributed by atoms with Crippen molar-refractivity contribution < 1.29 is 9.53 Å². The number of carbonyl (C=O) groups excluding carboxylic acids is 1. The fourth-order valence-electron chi connectivity index (χ4n) is 3.05. The van der Waals surface area contributed by atoms with Gasteiger partial charge in [0.25, 0.3) is 0 Å². The molecule has 1 saturated heterocycles. The molecule has 0 radical (unpaired) electrons. The quantitative estimate of drug-likeness (QED) is 0.718. The fourth-order valence-corrected chi connectivity index (χ4v) is 3.22. The molecular formula is C20H17ClN2O2. The van der Waals surface area contributed by atoms with E-state index in [1.807, 2.05) is 29.2 Å². The monoisotopic (exact) mass is 352 g/mol. The molecule has 1 fully saturated rings. The average molecular weight is 353 g/mol. The summed E-state index contributed by atoms with van der Waals surface area (Å²) in [6.45, 7) is 1.13. The van der Waals surface area contributed by atoms with Gasteiger partial charge in [0.1, 0.15) is 11.1 Å². The number of nitrogens with zero attached hydrogens (tertiary/aromatic N) is 2. The Labute approximate surface area is 151 Å². The first-order chi connectivity index (χ1) is 12.2. The molecule has 1 aliphatic rings. The maximum absolute atomic E-state index is 12.5. The number of hydrogen-bond acceptors (Lipinski definition) is 3. The summed E-state index contributed by atoms with van der Waals surface area (Å²) in [5.74, 6) is 0.540. The van der Waals surface area contributed by atoms with Gasteiger partial charge in [-0.3, -0.25) is 4.79 Å². The molecule has 1 aromatic heterocycles. The minimum absolute atomic E-state index is 0.0520. The van der Waals surface area contributed by atoms with Gasteiger partial charge in [-0.25, -0.2) is 4.98 Å². The normalized spacial score (nSPS) is 14.4. The van der Waals surface area contributed by atoms with Crippen molar-refractivity contribution in [2.75, 3.05) is 13.1 Å². The van der Waals surface area contributed by atoms with Crippen molar-refractivity contribution in [3.8, 4) is 5.88 Å². The molecule has 0 unspecified atom stereocenters. The van der Waals surface area contributed by atoms with Crippen molar-refractivity contribution >= 4 is 28.3 Å². The number of fused-ring (bicyclic) bond motifs is 1. The van der Waals surface area contributed by atoms with Gasteiger partial charge >= 0.3 is 0 Å². The number of amides is 1. The van der Waals surface area contributed by atoms with Gasteiger partial charge in [0.2, 0.25) is 11.8 Å². The first kappa shape index (κ1) is 15.9. The van der Waals surface area contributed by atoms with E-state index in [9.17, 15) is 4.79 Å². The third-order valence-corrected chi connectivity index (χ3v) is 4.71. The molecule has 3 aromatic rings. The highest BCUT2D eigenvalue weighted by molar-refractivity contribution is 6.31. The van der Waals surface area contributed by atoms with E-state index in [1.165, 1.54) is 0 Å². The highest BCUT2D eigenvalue weighted by Crippen LogP contribution is 2.25. The van der Waals surface area contributed by atoms with E-state index in [2.05, 4.69) is 23.2 Å². The van der Waals surface area contributed by atoms with E-state index in [4.69, 9.17) is 16.3 Å². The number of hydrogen-bond donors (Lipinski definition) is 0. The van der Waals surface area contributed by atoms with Crippen LogP contribution in [0.2, 0.25) is 5.02 Å². The van der Waals surface area contributed by atoms with Crippen molar-refractivity contribution in [2.24, 2.45) is 0 Å². The van der Waals surface area contributed by atoms with E-state index >= 15 is 0 Å². The topological polar surface area (TPSA) is 42.4 Å². The van der Waals surface area contributed by atoms with Gasteiger partial charge < -0.3 is 9.64 Å². The van der Waals surface area contributed by atoms with Crippen molar-refractivity contribution in [1.29, 1.82) is 0 Å². The number of halogens is 1. The fraction of sp³-hybridized carbons (Fsp3) is 0.200. The van der Waals surface area contributed by atoms with Crippen molar-refractivity contribution in [1.82, 2.24) is 9.88 Å². The zero-order valence-corrected chi connectivity index (χ0v) is 14.3. The van der Waals surface area contributed by atoms with Gasteiger partial charge in [-0.1, -0.05) is 54.1 Å². The van der Waals surface area contributed by atoms with E-state index in [0.717, 1.165) is 16.3 Å². The highest BCUT2D eigenvalue weighted by Gasteiger charge is 2.32. The second-order valence-electron chi connectivity index (χ2n) is 6.14. The molecule has 25 heavy (non-hydrogen) atoms. The molecule has 4 nitrogen and oxygen atoms in total. The minimum Gasteiger partial charge on any atom is -0.470 e. The first-order valence-corrected chi connectivity index (χ1v) is 8.60. The zero-order chi connectivity index (χ0) is 17.2. The number of ether oxygens (including phenoxy) is 1. The standard InChI is InChI=1S/C20H17ClN2O2/c21-18-9-4-10-22-20(18)25-16-12-23(13-16)19(24)11-15-7-3-6-14-5-1-2-8-17(14)15/h1-10,16H,11-13H2. The van der Waals surface area contributed by atoms with E-state index in [1.54, 1.807) is 18.3 Å². The predicted molar refractivity (Wildman–Crippen MR) is 97.9 cm³/mol. The molecule has 126 valence electrons. The van der Waals surface area contributed by atoms with Crippen molar-refractivity contribution in [3.05, 3.63) is 71.4 Å². The lowest BCUT2D eigenvalue weighted by molar-refractivity contribution is -0.139. The lowest BCUT2D eigenvalue weighted by Crippen LogP contribution is -2.56. The molecule has 0 aliphatic carbocycles. The molecule has 5 heteroatoms. The van der Waals surface area contributed by atoms with E-state index in [-0.39, 0.29) is 12.0 Å². The number of aromatic nitrogens is 1. The van der Waals surface area contributed by atoms with E-state index < -0.39 is 0 Å². The van der Waals surface area contributed by atoms with Gasteiger partial charge in [0.05, 0.1) is 19.5 Å². The molecule has 0 N–H and O–H groups in total. The number of likely N-dealkylation sites (tertiary alicyclic amines) is 1. The Kier molecular flexibility index (Phi) is 4.28. The van der Waals surface area contributed by atoms with Gasteiger partial charge in [-0.05, 0) is 28.5 Å². The van der Waals surface area contributed by atoms with Gasteiger partial charge in [0, 0.05) is 6.20 Å². The van der Waals surface area contributed by atoms with Crippen LogP contribution in [-0.4, -0.2) is 35.0 Å². The Hall–Kier alpha value is -2.59. The Balaban J connectivity index is 1.38. The zero-order valence-electron chi connectivity index (χ0n) is 13.6. The number of benzene rings is 2. The molecule has 4 rings (SSSR count). The molecule has 2 aromatic carbocycles. The van der Waals surface area contributed by atoms with Gasteiger partial charge in [-0.15, -0.1) is 0 Å². The maximum Gasteiger partial charge on any atom is 0.232 e. The molecule has 0 bridgehead atoms. The summed E-state index contributed by atoms with van der Waals surface area (Å²) in [6.07, 6.45) is 1.99. The average Bonchev–Trinajstić information content (AvgIpc) is 2.59. The summed E-state index contributed by atoms with van der Waals surface area (Å²) < 4.78 is 5.74. The largest absolute Gasteiger partial charge is 0.470 e. The smallest absolute Gasteiger partial charge is 0.232 e. The third kappa shape index (κ3) is 3.30. The van der Waals surface area contributed by atoms with E-state index in [0.29, 0.717) is 30.4 Å². The van der Waals surface area contributed by atoms with Crippen LogP contribution in [-0.2, 0) is 11.2 Å². The Bertz CT molecular complexity index is 917. The lowest BCUT2D eigenvalue weighted by atomic mass is 10.0. The summed E-state index contributed by atoms with van der Waals surface area (Å²) in [4.78, 5) is 18.5. The summed E-state index contributed by atoms with van der Waals surface area (Å²) in [5, 5.41) is 2.78. The van der Waals surface area contributed by atoms with Crippen LogP contribution >= 0.6 is 11.6 Å². The molecule has 1 aliphatic heterocycles. The Morgan fingerprint density at radius 2 is 1.92 bits per heavy atom. The van der Waals surface area contributed by atoms with Gasteiger partial charge in [-0.2, -0.15) is 0 Å². The van der Waals surface area contributed by atoms with Crippen LogP contribution in [0.4, 0.5) is 0 Å². The number of pyridine rings is 1. The molecule has 0 atom stereocenters. The molecular weight excluding hydrogens is 336 g/mol. The summed E-state index contributed by atoms with van der Waals surface area (Å²) in [7, 11) is 0. The van der Waals surface area contributed by atoms with Crippen LogP contribution in [0.25, 0.3) is 10.8 Å². The summed E-state index contributed by atoms with van der Waals surface area (Å²) in [5.41, 5.74) is 1.06. The number of rotatable bonds is 4. The molecule has 1 amide bonds. The third-order valence-electron chi connectivity index (χ3n) is 4.43. The van der Waals surface area contributed by atoms with Crippen LogP contribution < -0.4 is 4.74 Å². The van der Waals surface area contributed by atoms with Gasteiger partial charge in [0.15, 0.2) is 0 Å². The first-order valence-electron chi connectivity index (χ1n) is 8.22. The predicted octanol–water partition coefficient (Wildman–Crippen LogP) is 3.72. The minimum atomic E-state index is -0.0520. The molecule has 2 heterocycles. The van der Waals surface area contributed by atoms with Crippen LogP contribution in [0, 0.1) is 0 Å². The van der Waals surface area contributed by atoms with Crippen molar-refractivity contribution in [2.45, 2.75) is 12.5 Å².